The van der Waals surface area contributed by atoms with Crippen molar-refractivity contribution >= 4 is 5.65 Å². The Hall–Kier alpha value is -1.42. The average Bonchev–Trinajstić information content (AvgIpc) is 2.59. The Bertz CT molecular complexity index is 461. The third kappa shape index (κ3) is 2.15. The molecule has 0 bridgehead atoms. The topological polar surface area (TPSA) is 56.2 Å². The van der Waals surface area contributed by atoms with Gasteiger partial charge >= 0.3 is 0 Å². The molecular weight excluding hydrogens is 188 g/mol. The van der Waals surface area contributed by atoms with Crippen LogP contribution in [0.5, 0.6) is 0 Å². The summed E-state index contributed by atoms with van der Waals surface area (Å²) in [6.45, 7) is 4.84. The molecule has 1 atom stereocenters. The third-order valence-corrected chi connectivity index (χ3v) is 2.47. The fraction of sp³-hybridized carbons (Fsp3) is 0.455. The number of nitrogens with two attached hydrogens (primary N) is 1. The van der Waals surface area contributed by atoms with Gasteiger partial charge in [0.1, 0.15) is 0 Å². The van der Waals surface area contributed by atoms with E-state index in [4.69, 9.17) is 5.73 Å². The summed E-state index contributed by atoms with van der Waals surface area (Å²) < 4.78 is 1.81. The smallest absolute Gasteiger partial charge is 0.155 e. The highest BCUT2D eigenvalue weighted by Gasteiger charge is 2.07. The first-order valence-corrected chi connectivity index (χ1v) is 5.21. The first kappa shape index (κ1) is 10.1. The van der Waals surface area contributed by atoms with Crippen LogP contribution in [0.1, 0.15) is 18.3 Å². The van der Waals surface area contributed by atoms with E-state index in [0.717, 1.165) is 17.9 Å². The maximum Gasteiger partial charge on any atom is 0.155 e. The van der Waals surface area contributed by atoms with Gasteiger partial charge in [0, 0.05) is 12.6 Å². The molecule has 80 valence electrons. The number of hydrogen-bond acceptors (Lipinski definition) is 3. The second kappa shape index (κ2) is 3.98. The van der Waals surface area contributed by atoms with Gasteiger partial charge < -0.3 is 5.73 Å². The fourth-order valence-electron chi connectivity index (χ4n) is 1.51. The normalized spacial score (nSPS) is 13.3. The van der Waals surface area contributed by atoms with Crippen LogP contribution >= 0.6 is 0 Å². The summed E-state index contributed by atoms with van der Waals surface area (Å²) in [6, 6.07) is 4.06. The van der Waals surface area contributed by atoms with E-state index in [1.165, 1.54) is 5.56 Å². The number of nitrogens with zero attached hydrogens (tertiary/aromatic N) is 3. The Morgan fingerprint density at radius 2 is 2.33 bits per heavy atom. The van der Waals surface area contributed by atoms with E-state index in [2.05, 4.69) is 23.9 Å². The fourth-order valence-corrected chi connectivity index (χ4v) is 1.51. The number of pyridine rings is 1. The van der Waals surface area contributed by atoms with E-state index in [0.29, 0.717) is 12.5 Å². The lowest BCUT2D eigenvalue weighted by Gasteiger charge is -2.02. The van der Waals surface area contributed by atoms with Crippen molar-refractivity contribution < 1.29 is 0 Å². The summed E-state index contributed by atoms with van der Waals surface area (Å²) >= 11 is 0. The van der Waals surface area contributed by atoms with Crippen molar-refractivity contribution in [1.29, 1.82) is 0 Å². The predicted octanol–water partition coefficient (Wildman–Crippen LogP) is 1.18. The summed E-state index contributed by atoms with van der Waals surface area (Å²) in [5.74, 6) is 1.31. The zero-order valence-electron chi connectivity index (χ0n) is 9.14. The van der Waals surface area contributed by atoms with Gasteiger partial charge in [-0.25, -0.2) is 9.50 Å². The van der Waals surface area contributed by atoms with Crippen LogP contribution in [0.25, 0.3) is 5.65 Å². The maximum atomic E-state index is 5.58. The van der Waals surface area contributed by atoms with E-state index in [1.807, 2.05) is 22.8 Å². The molecule has 0 saturated carbocycles. The SMILES string of the molecule is Cc1ccn2nc(CC(C)CN)nc2c1. The van der Waals surface area contributed by atoms with Crippen LogP contribution in [0.3, 0.4) is 0 Å². The molecule has 2 heterocycles. The van der Waals surface area contributed by atoms with E-state index in [-0.39, 0.29) is 0 Å². The molecule has 4 nitrogen and oxygen atoms in total. The molecule has 2 N–H and O–H groups in total. The molecule has 0 aliphatic carbocycles. The maximum absolute atomic E-state index is 5.58. The van der Waals surface area contributed by atoms with Crippen molar-refractivity contribution in [3.63, 3.8) is 0 Å². The highest BCUT2D eigenvalue weighted by molar-refractivity contribution is 5.39. The zero-order chi connectivity index (χ0) is 10.8. The lowest BCUT2D eigenvalue weighted by Crippen LogP contribution is -2.13. The molecular formula is C11H16N4. The summed E-state index contributed by atoms with van der Waals surface area (Å²) in [7, 11) is 0. The Kier molecular flexibility index (Phi) is 2.68. The highest BCUT2D eigenvalue weighted by Crippen LogP contribution is 2.07. The van der Waals surface area contributed by atoms with Crippen molar-refractivity contribution in [3.05, 3.63) is 29.7 Å². The Morgan fingerprint density at radius 1 is 1.53 bits per heavy atom. The number of hydrogen-bond donors (Lipinski definition) is 1. The van der Waals surface area contributed by atoms with E-state index in [1.54, 1.807) is 0 Å². The van der Waals surface area contributed by atoms with Crippen LogP contribution in [0.15, 0.2) is 18.3 Å². The van der Waals surface area contributed by atoms with Gasteiger partial charge in [0.05, 0.1) is 0 Å². The molecule has 0 radical (unpaired) electrons. The van der Waals surface area contributed by atoms with Gasteiger partial charge in [0.2, 0.25) is 0 Å². The minimum Gasteiger partial charge on any atom is -0.330 e. The first-order chi connectivity index (χ1) is 7.19. The second-order valence-corrected chi connectivity index (χ2v) is 4.08. The van der Waals surface area contributed by atoms with Crippen LogP contribution < -0.4 is 5.73 Å². The van der Waals surface area contributed by atoms with Crippen molar-refractivity contribution in [1.82, 2.24) is 14.6 Å². The van der Waals surface area contributed by atoms with Crippen molar-refractivity contribution in [2.45, 2.75) is 20.3 Å². The van der Waals surface area contributed by atoms with Crippen molar-refractivity contribution in [2.75, 3.05) is 6.54 Å². The molecule has 0 aromatic carbocycles. The summed E-state index contributed by atoms with van der Waals surface area (Å²) in [5, 5.41) is 4.39. The zero-order valence-corrected chi connectivity index (χ0v) is 9.14. The molecule has 2 aromatic heterocycles. The Morgan fingerprint density at radius 3 is 3.07 bits per heavy atom. The van der Waals surface area contributed by atoms with Crippen LogP contribution in [0.2, 0.25) is 0 Å². The van der Waals surface area contributed by atoms with Crippen molar-refractivity contribution in [3.8, 4) is 0 Å². The average molecular weight is 204 g/mol. The molecule has 1 unspecified atom stereocenters. The number of aryl methyl sites for hydroxylation is 1. The van der Waals surface area contributed by atoms with Gasteiger partial charge in [-0.15, -0.1) is 0 Å². The van der Waals surface area contributed by atoms with Gasteiger partial charge in [-0.1, -0.05) is 6.92 Å². The quantitative estimate of drug-likeness (QED) is 0.816. The minimum atomic E-state index is 0.434. The number of fused-ring (bicyclic) bond motifs is 1. The van der Waals surface area contributed by atoms with Gasteiger partial charge in [0.15, 0.2) is 11.5 Å². The molecule has 0 aliphatic rings. The monoisotopic (exact) mass is 204 g/mol. The highest BCUT2D eigenvalue weighted by atomic mass is 15.3. The van der Waals surface area contributed by atoms with Gasteiger partial charge in [-0.3, -0.25) is 0 Å². The minimum absolute atomic E-state index is 0.434. The van der Waals surface area contributed by atoms with Crippen LogP contribution in [0, 0.1) is 12.8 Å². The van der Waals surface area contributed by atoms with Crippen molar-refractivity contribution in [2.24, 2.45) is 11.7 Å². The first-order valence-electron chi connectivity index (χ1n) is 5.21. The molecule has 4 heteroatoms. The molecule has 0 amide bonds. The lowest BCUT2D eigenvalue weighted by atomic mass is 10.1. The van der Waals surface area contributed by atoms with Gasteiger partial charge in [0.25, 0.3) is 0 Å². The Balaban J connectivity index is 2.30. The van der Waals surface area contributed by atoms with Crippen LogP contribution in [-0.4, -0.2) is 21.1 Å². The van der Waals surface area contributed by atoms with E-state index >= 15 is 0 Å². The summed E-state index contributed by atoms with van der Waals surface area (Å²) in [6.07, 6.45) is 2.78. The lowest BCUT2D eigenvalue weighted by molar-refractivity contribution is 0.573. The number of rotatable bonds is 3. The second-order valence-electron chi connectivity index (χ2n) is 4.08. The molecule has 15 heavy (non-hydrogen) atoms. The summed E-state index contributed by atoms with van der Waals surface area (Å²) in [4.78, 5) is 4.46. The van der Waals surface area contributed by atoms with Crippen LogP contribution in [0.4, 0.5) is 0 Å². The van der Waals surface area contributed by atoms with Gasteiger partial charge in [-0.05, 0) is 37.1 Å². The van der Waals surface area contributed by atoms with E-state index < -0.39 is 0 Å². The Labute approximate surface area is 89.1 Å². The molecule has 0 fully saturated rings. The third-order valence-electron chi connectivity index (χ3n) is 2.47. The molecule has 2 rings (SSSR count). The molecule has 2 aromatic rings. The molecule has 0 spiro atoms. The molecule has 0 saturated heterocycles. The van der Waals surface area contributed by atoms with E-state index in [9.17, 15) is 0 Å². The number of aromatic nitrogens is 3. The standard InChI is InChI=1S/C11H16N4/c1-8-3-4-15-11(6-8)13-10(14-15)5-9(2)7-12/h3-4,6,9H,5,7,12H2,1-2H3. The largest absolute Gasteiger partial charge is 0.330 e. The predicted molar refractivity (Wildman–Crippen MR) is 59.6 cm³/mol. The summed E-state index contributed by atoms with van der Waals surface area (Å²) in [5.41, 5.74) is 7.69. The van der Waals surface area contributed by atoms with Gasteiger partial charge in [-0.2, -0.15) is 5.10 Å². The molecule has 0 aliphatic heterocycles. The van der Waals surface area contributed by atoms with Crippen LogP contribution in [-0.2, 0) is 6.42 Å².